The van der Waals surface area contributed by atoms with E-state index in [0.29, 0.717) is 0 Å². The molecule has 0 aromatic heterocycles. The molecule has 1 aliphatic heterocycles. The number of nitrogens with zero attached hydrogens (tertiary/aromatic N) is 1. The summed E-state index contributed by atoms with van der Waals surface area (Å²) in [5.41, 5.74) is 4.74. The van der Waals surface area contributed by atoms with Crippen LogP contribution in [-0.2, 0) is 11.2 Å². The van der Waals surface area contributed by atoms with Gasteiger partial charge in [0.1, 0.15) is 23.5 Å². The molecule has 0 saturated carbocycles. The minimum atomic E-state index is -0.402. The van der Waals surface area contributed by atoms with E-state index in [-0.39, 0.29) is 11.7 Å². The van der Waals surface area contributed by atoms with Crippen molar-refractivity contribution in [3.63, 3.8) is 0 Å². The van der Waals surface area contributed by atoms with Gasteiger partial charge in [-0.2, -0.15) is 5.26 Å². The number of hydrogen-bond donors (Lipinski definition) is 1. The number of benzene rings is 2. The van der Waals surface area contributed by atoms with Gasteiger partial charge in [0, 0.05) is 12.1 Å². The normalized spacial score (nSPS) is 15.9. The molecule has 1 atom stereocenters. The predicted molar refractivity (Wildman–Crippen MR) is 98.4 cm³/mol. The Kier molecular flexibility index (Phi) is 4.58. The second-order valence-electron chi connectivity index (χ2n) is 6.44. The van der Waals surface area contributed by atoms with Crippen LogP contribution in [0.5, 0.6) is 5.75 Å². The summed E-state index contributed by atoms with van der Waals surface area (Å²) < 4.78 is 5.68. The van der Waals surface area contributed by atoms with Crippen LogP contribution in [0.2, 0.25) is 0 Å². The van der Waals surface area contributed by atoms with E-state index >= 15 is 0 Å². The topological polar surface area (TPSA) is 62.1 Å². The maximum atomic E-state index is 12.5. The molecule has 2 aromatic carbocycles. The molecule has 4 heteroatoms. The molecule has 0 aliphatic carbocycles. The molecule has 0 spiro atoms. The molecule has 0 radical (unpaired) electrons. The highest BCUT2D eigenvalue weighted by molar-refractivity contribution is 6.10. The van der Waals surface area contributed by atoms with Crippen molar-refractivity contribution in [3.8, 4) is 11.8 Å². The number of aryl methyl sites for hydroxylation is 2. The van der Waals surface area contributed by atoms with Gasteiger partial charge in [0.25, 0.3) is 5.91 Å². The van der Waals surface area contributed by atoms with Crippen LogP contribution >= 0.6 is 0 Å². The third kappa shape index (κ3) is 3.72. The van der Waals surface area contributed by atoms with E-state index in [2.05, 4.69) is 5.32 Å². The molecular weight excluding hydrogens is 312 g/mol. The third-order valence-corrected chi connectivity index (χ3v) is 4.24. The van der Waals surface area contributed by atoms with Gasteiger partial charge in [-0.1, -0.05) is 18.2 Å². The number of fused-ring (bicyclic) bond motifs is 1. The summed E-state index contributed by atoms with van der Waals surface area (Å²) in [6.07, 6.45) is 2.62. The second-order valence-corrected chi connectivity index (χ2v) is 6.44. The van der Waals surface area contributed by atoms with Crippen molar-refractivity contribution in [2.45, 2.75) is 33.3 Å². The highest BCUT2D eigenvalue weighted by Gasteiger charge is 2.19. The Morgan fingerprint density at radius 3 is 2.84 bits per heavy atom. The fraction of sp³-hybridized carbons (Fsp3) is 0.238. The zero-order chi connectivity index (χ0) is 18.0. The highest BCUT2D eigenvalue weighted by Crippen LogP contribution is 2.30. The fourth-order valence-electron chi connectivity index (χ4n) is 2.91. The lowest BCUT2D eigenvalue weighted by Crippen LogP contribution is -2.14. The largest absolute Gasteiger partial charge is 0.490 e. The smallest absolute Gasteiger partial charge is 0.266 e. The summed E-state index contributed by atoms with van der Waals surface area (Å²) in [6, 6.07) is 13.6. The number of hydrogen-bond acceptors (Lipinski definition) is 3. The molecule has 126 valence electrons. The minimum absolute atomic E-state index is 0.0767. The molecular formula is C21H20N2O2. The van der Waals surface area contributed by atoms with Crippen LogP contribution in [0.1, 0.15) is 29.2 Å². The van der Waals surface area contributed by atoms with Crippen LogP contribution in [0, 0.1) is 25.2 Å². The lowest BCUT2D eigenvalue weighted by molar-refractivity contribution is -0.112. The first-order chi connectivity index (χ1) is 12.0. The van der Waals surface area contributed by atoms with Crippen LogP contribution in [0.15, 0.2) is 42.0 Å². The number of anilines is 1. The van der Waals surface area contributed by atoms with E-state index in [1.54, 1.807) is 6.08 Å². The molecule has 1 aliphatic rings. The number of carbonyl (C=O) groups is 1. The minimum Gasteiger partial charge on any atom is -0.490 e. The Morgan fingerprint density at radius 2 is 2.08 bits per heavy atom. The molecule has 1 N–H and O–H groups in total. The Morgan fingerprint density at radius 1 is 1.28 bits per heavy atom. The van der Waals surface area contributed by atoms with Gasteiger partial charge in [0.15, 0.2) is 0 Å². The van der Waals surface area contributed by atoms with Gasteiger partial charge in [-0.25, -0.2) is 0 Å². The van der Waals surface area contributed by atoms with Crippen LogP contribution < -0.4 is 10.1 Å². The van der Waals surface area contributed by atoms with E-state index in [4.69, 9.17) is 4.74 Å². The van der Waals surface area contributed by atoms with Crippen molar-refractivity contribution in [2.75, 3.05) is 5.32 Å². The Balaban J connectivity index is 1.83. The monoisotopic (exact) mass is 332 g/mol. The van der Waals surface area contributed by atoms with E-state index in [1.807, 2.05) is 63.2 Å². The first-order valence-corrected chi connectivity index (χ1v) is 8.26. The zero-order valence-electron chi connectivity index (χ0n) is 14.6. The summed E-state index contributed by atoms with van der Waals surface area (Å²) in [5, 5.41) is 12.2. The highest BCUT2D eigenvalue weighted by atomic mass is 16.5. The SMILES string of the molecule is Cc1ccc(C)c(NC(=O)/C(C#N)=C\c2ccc3c(c2)CC(C)O3)c1. The van der Waals surface area contributed by atoms with Gasteiger partial charge >= 0.3 is 0 Å². The first-order valence-electron chi connectivity index (χ1n) is 8.26. The molecule has 1 heterocycles. The number of amides is 1. The maximum Gasteiger partial charge on any atom is 0.266 e. The predicted octanol–water partition coefficient (Wildman–Crippen LogP) is 4.17. The summed E-state index contributed by atoms with van der Waals surface area (Å²) in [5.74, 6) is 0.476. The molecule has 2 aromatic rings. The first kappa shape index (κ1) is 16.8. The number of ether oxygens (including phenoxy) is 1. The van der Waals surface area contributed by atoms with E-state index in [9.17, 15) is 10.1 Å². The lowest BCUT2D eigenvalue weighted by Gasteiger charge is -2.09. The lowest BCUT2D eigenvalue weighted by atomic mass is 10.0. The van der Waals surface area contributed by atoms with Gasteiger partial charge in [0.2, 0.25) is 0 Å². The zero-order valence-corrected chi connectivity index (χ0v) is 14.6. The molecule has 0 saturated heterocycles. The van der Waals surface area contributed by atoms with E-state index in [0.717, 1.165) is 40.1 Å². The summed E-state index contributed by atoms with van der Waals surface area (Å²) in [7, 11) is 0. The van der Waals surface area contributed by atoms with Gasteiger partial charge in [-0.05, 0) is 67.3 Å². The summed E-state index contributed by atoms with van der Waals surface area (Å²) in [4.78, 5) is 12.5. The van der Waals surface area contributed by atoms with E-state index < -0.39 is 5.91 Å². The summed E-state index contributed by atoms with van der Waals surface area (Å²) in [6.45, 7) is 5.91. The van der Waals surface area contributed by atoms with Crippen LogP contribution in [-0.4, -0.2) is 12.0 Å². The number of carbonyl (C=O) groups excluding carboxylic acids is 1. The van der Waals surface area contributed by atoms with Crippen molar-refractivity contribution in [1.29, 1.82) is 5.26 Å². The van der Waals surface area contributed by atoms with Crippen LogP contribution in [0.4, 0.5) is 5.69 Å². The van der Waals surface area contributed by atoms with Crippen LogP contribution in [0.3, 0.4) is 0 Å². The van der Waals surface area contributed by atoms with Gasteiger partial charge in [-0.15, -0.1) is 0 Å². The van der Waals surface area contributed by atoms with Crippen molar-refractivity contribution >= 4 is 17.7 Å². The van der Waals surface area contributed by atoms with Crippen molar-refractivity contribution in [1.82, 2.24) is 0 Å². The molecule has 1 unspecified atom stereocenters. The Labute approximate surface area is 147 Å². The second kappa shape index (κ2) is 6.82. The van der Waals surface area contributed by atoms with Gasteiger partial charge < -0.3 is 10.1 Å². The molecule has 0 fully saturated rings. The van der Waals surface area contributed by atoms with E-state index in [1.165, 1.54) is 0 Å². The average molecular weight is 332 g/mol. The number of rotatable bonds is 3. The van der Waals surface area contributed by atoms with Crippen molar-refractivity contribution < 1.29 is 9.53 Å². The number of nitriles is 1. The Hall–Kier alpha value is -3.06. The van der Waals surface area contributed by atoms with Gasteiger partial charge in [-0.3, -0.25) is 4.79 Å². The Bertz CT molecular complexity index is 907. The standard InChI is InChI=1S/C21H20N2O2/c1-13-4-5-14(2)19(8-13)23-21(24)18(12-22)11-16-6-7-20-17(10-16)9-15(3)25-20/h4-8,10-11,15H,9H2,1-3H3,(H,23,24)/b18-11-. The quantitative estimate of drug-likeness (QED) is 0.678. The molecule has 0 bridgehead atoms. The van der Waals surface area contributed by atoms with Gasteiger partial charge in [0.05, 0.1) is 0 Å². The third-order valence-electron chi connectivity index (χ3n) is 4.24. The van der Waals surface area contributed by atoms with Crippen LogP contribution in [0.25, 0.3) is 6.08 Å². The molecule has 3 rings (SSSR count). The number of nitrogens with one attached hydrogen (secondary N) is 1. The molecule has 25 heavy (non-hydrogen) atoms. The van der Waals surface area contributed by atoms with Crippen molar-refractivity contribution in [2.24, 2.45) is 0 Å². The van der Waals surface area contributed by atoms with Crippen molar-refractivity contribution in [3.05, 3.63) is 64.2 Å². The maximum absolute atomic E-state index is 12.5. The molecule has 1 amide bonds. The summed E-state index contributed by atoms with van der Waals surface area (Å²) >= 11 is 0. The molecule has 4 nitrogen and oxygen atoms in total. The fourth-order valence-corrected chi connectivity index (χ4v) is 2.91. The average Bonchev–Trinajstić information content (AvgIpc) is 2.95.